The van der Waals surface area contributed by atoms with Gasteiger partial charge in [0.1, 0.15) is 11.5 Å². The van der Waals surface area contributed by atoms with Crippen LogP contribution in [0.2, 0.25) is 0 Å². The molecule has 0 bridgehead atoms. The fourth-order valence-electron chi connectivity index (χ4n) is 3.52. The first kappa shape index (κ1) is 21.3. The van der Waals surface area contributed by atoms with Crippen LogP contribution in [0.4, 0.5) is 11.4 Å². The minimum atomic E-state index is -0.496. The highest BCUT2D eigenvalue weighted by Crippen LogP contribution is 2.27. The van der Waals surface area contributed by atoms with Gasteiger partial charge in [0, 0.05) is 31.8 Å². The summed E-state index contributed by atoms with van der Waals surface area (Å²) in [5, 5.41) is 14.1. The molecular formula is C24H23N3O5. The summed E-state index contributed by atoms with van der Waals surface area (Å²) in [5.41, 5.74) is 1.67. The first-order valence-corrected chi connectivity index (χ1v) is 10.3. The second kappa shape index (κ2) is 9.93. The van der Waals surface area contributed by atoms with Crippen molar-refractivity contribution in [3.63, 3.8) is 0 Å². The third-order valence-electron chi connectivity index (χ3n) is 5.12. The number of carbonyl (C=O) groups is 1. The van der Waals surface area contributed by atoms with E-state index in [1.165, 1.54) is 12.1 Å². The number of nitro groups is 1. The number of nitrogens with one attached hydrogen (secondary N) is 1. The Bertz CT molecular complexity index is 1100. The van der Waals surface area contributed by atoms with E-state index < -0.39 is 4.92 Å². The van der Waals surface area contributed by atoms with Gasteiger partial charge < -0.3 is 19.7 Å². The van der Waals surface area contributed by atoms with Gasteiger partial charge in [-0.15, -0.1) is 0 Å². The lowest BCUT2D eigenvalue weighted by Gasteiger charge is -2.30. The van der Waals surface area contributed by atoms with Gasteiger partial charge in [-0.2, -0.15) is 0 Å². The Kier molecular flexibility index (Phi) is 6.62. The van der Waals surface area contributed by atoms with Gasteiger partial charge in [-0.3, -0.25) is 14.9 Å². The van der Waals surface area contributed by atoms with E-state index in [4.69, 9.17) is 9.47 Å². The van der Waals surface area contributed by atoms with Crippen LogP contribution >= 0.6 is 0 Å². The topological polar surface area (TPSA) is 93.9 Å². The van der Waals surface area contributed by atoms with E-state index in [1.54, 1.807) is 6.07 Å². The number of amides is 1. The molecule has 8 heteroatoms. The molecule has 1 aliphatic heterocycles. The minimum absolute atomic E-state index is 0.120. The van der Waals surface area contributed by atoms with E-state index in [2.05, 4.69) is 5.32 Å². The van der Waals surface area contributed by atoms with E-state index in [1.807, 2.05) is 59.5 Å². The van der Waals surface area contributed by atoms with Crippen LogP contribution in [0.25, 0.3) is 0 Å². The quantitative estimate of drug-likeness (QED) is 0.444. The molecule has 1 amide bonds. The van der Waals surface area contributed by atoms with Crippen LogP contribution in [-0.2, 0) is 11.3 Å². The number of ether oxygens (including phenoxy) is 2. The average Bonchev–Trinajstić information content (AvgIpc) is 2.83. The van der Waals surface area contributed by atoms with E-state index in [9.17, 15) is 14.9 Å². The Labute approximate surface area is 185 Å². The lowest BCUT2D eigenvalue weighted by atomic mass is 10.1. The van der Waals surface area contributed by atoms with E-state index >= 15 is 0 Å². The summed E-state index contributed by atoms with van der Waals surface area (Å²) < 4.78 is 11.2. The van der Waals surface area contributed by atoms with Gasteiger partial charge in [0.2, 0.25) is 0 Å². The third-order valence-corrected chi connectivity index (χ3v) is 5.12. The van der Waals surface area contributed by atoms with Crippen LogP contribution in [0.5, 0.6) is 11.5 Å². The molecule has 164 valence electrons. The summed E-state index contributed by atoms with van der Waals surface area (Å²) in [6, 6.07) is 21.2. The highest BCUT2D eigenvalue weighted by Gasteiger charge is 2.22. The van der Waals surface area contributed by atoms with Crippen LogP contribution < -0.4 is 15.0 Å². The Hall–Kier alpha value is -3.91. The molecule has 1 heterocycles. The lowest BCUT2D eigenvalue weighted by Crippen LogP contribution is -2.38. The zero-order valence-electron chi connectivity index (χ0n) is 17.4. The normalized spacial score (nSPS) is 13.4. The van der Waals surface area contributed by atoms with Crippen molar-refractivity contribution in [2.75, 3.05) is 31.2 Å². The van der Waals surface area contributed by atoms with Crippen LogP contribution in [0.15, 0.2) is 72.8 Å². The number of anilines is 1. The molecule has 8 nitrogen and oxygen atoms in total. The number of non-ortho nitro benzene ring substituents is 1. The Balaban J connectivity index is 1.49. The van der Waals surface area contributed by atoms with Gasteiger partial charge in [0.15, 0.2) is 0 Å². The summed E-state index contributed by atoms with van der Waals surface area (Å²) in [4.78, 5) is 25.8. The van der Waals surface area contributed by atoms with Crippen molar-refractivity contribution in [2.24, 2.45) is 0 Å². The highest BCUT2D eigenvalue weighted by molar-refractivity contribution is 6.00. The number of hydrogen-bond donors (Lipinski definition) is 1. The number of nitrogens with zero attached hydrogens (tertiary/aromatic N) is 2. The molecular weight excluding hydrogens is 410 g/mol. The minimum Gasteiger partial charge on any atom is -0.457 e. The number of para-hydroxylation sites is 1. The molecule has 3 aromatic carbocycles. The van der Waals surface area contributed by atoms with Crippen molar-refractivity contribution in [3.05, 3.63) is 94.0 Å². The summed E-state index contributed by atoms with van der Waals surface area (Å²) in [6.07, 6.45) is 0. The molecule has 4 rings (SSSR count). The van der Waals surface area contributed by atoms with Crippen molar-refractivity contribution in [3.8, 4) is 11.5 Å². The summed E-state index contributed by atoms with van der Waals surface area (Å²) in [7, 11) is 0. The molecule has 1 fully saturated rings. The van der Waals surface area contributed by atoms with Crippen molar-refractivity contribution in [2.45, 2.75) is 6.54 Å². The van der Waals surface area contributed by atoms with Gasteiger partial charge in [-0.25, -0.2) is 0 Å². The number of benzene rings is 3. The van der Waals surface area contributed by atoms with Crippen molar-refractivity contribution >= 4 is 17.3 Å². The van der Waals surface area contributed by atoms with Gasteiger partial charge in [0.25, 0.3) is 11.6 Å². The number of morpholine rings is 1. The zero-order chi connectivity index (χ0) is 22.3. The smallest absolute Gasteiger partial charge is 0.270 e. The molecule has 0 aliphatic carbocycles. The largest absolute Gasteiger partial charge is 0.457 e. The SMILES string of the molecule is O=C(NCc1cccc(Oc2ccccc2)c1)c1cc([N+](=O)[O-])ccc1N1CCOCC1. The molecule has 1 saturated heterocycles. The first-order valence-electron chi connectivity index (χ1n) is 10.3. The summed E-state index contributed by atoms with van der Waals surface area (Å²) in [5.74, 6) is 1.01. The monoisotopic (exact) mass is 433 g/mol. The maximum Gasteiger partial charge on any atom is 0.270 e. The van der Waals surface area contributed by atoms with Crippen molar-refractivity contribution in [1.82, 2.24) is 5.32 Å². The molecule has 3 aromatic rings. The van der Waals surface area contributed by atoms with Crippen LogP contribution in [0.1, 0.15) is 15.9 Å². The highest BCUT2D eigenvalue weighted by atomic mass is 16.6. The number of rotatable bonds is 7. The summed E-state index contributed by atoms with van der Waals surface area (Å²) >= 11 is 0. The predicted octanol–water partition coefficient (Wildman–Crippen LogP) is 4.15. The second-order valence-corrected chi connectivity index (χ2v) is 7.30. The second-order valence-electron chi connectivity index (χ2n) is 7.30. The van der Waals surface area contributed by atoms with Crippen molar-refractivity contribution < 1.29 is 19.2 Å². The number of hydrogen-bond acceptors (Lipinski definition) is 6. The number of carbonyl (C=O) groups excluding carboxylic acids is 1. The van der Waals surface area contributed by atoms with Gasteiger partial charge >= 0.3 is 0 Å². The Morgan fingerprint density at radius 2 is 1.75 bits per heavy atom. The third kappa shape index (κ3) is 5.22. The fourth-order valence-corrected chi connectivity index (χ4v) is 3.52. The molecule has 0 saturated carbocycles. The number of nitro benzene ring substituents is 1. The average molecular weight is 433 g/mol. The standard InChI is InChI=1S/C24H23N3O5/c28-24(22-16-19(27(29)30)9-10-23(22)26-11-13-31-14-12-26)25-17-18-5-4-8-21(15-18)32-20-6-2-1-3-7-20/h1-10,15-16H,11-14,17H2,(H,25,28). The molecule has 0 radical (unpaired) electrons. The molecule has 1 N–H and O–H groups in total. The van der Waals surface area contributed by atoms with Gasteiger partial charge in [-0.05, 0) is 35.9 Å². The summed E-state index contributed by atoms with van der Waals surface area (Å²) in [6.45, 7) is 2.60. The van der Waals surface area contributed by atoms with Crippen LogP contribution in [0, 0.1) is 10.1 Å². The maximum absolute atomic E-state index is 13.0. The van der Waals surface area contributed by atoms with Gasteiger partial charge in [-0.1, -0.05) is 30.3 Å². The van der Waals surface area contributed by atoms with Gasteiger partial charge in [0.05, 0.1) is 29.4 Å². The molecule has 0 unspecified atom stereocenters. The van der Waals surface area contributed by atoms with E-state index in [-0.39, 0.29) is 23.7 Å². The zero-order valence-corrected chi connectivity index (χ0v) is 17.4. The van der Waals surface area contributed by atoms with E-state index in [0.717, 1.165) is 11.3 Å². The van der Waals surface area contributed by atoms with Crippen molar-refractivity contribution in [1.29, 1.82) is 0 Å². The maximum atomic E-state index is 13.0. The molecule has 0 spiro atoms. The first-order chi connectivity index (χ1) is 15.6. The predicted molar refractivity (Wildman–Crippen MR) is 120 cm³/mol. The Morgan fingerprint density at radius 1 is 1.00 bits per heavy atom. The molecule has 0 atom stereocenters. The molecule has 1 aliphatic rings. The lowest BCUT2D eigenvalue weighted by molar-refractivity contribution is -0.384. The van der Waals surface area contributed by atoms with Crippen LogP contribution in [0.3, 0.4) is 0 Å². The fraction of sp³-hybridized carbons (Fsp3) is 0.208. The molecule has 0 aromatic heterocycles. The Morgan fingerprint density at radius 3 is 2.50 bits per heavy atom. The van der Waals surface area contributed by atoms with E-state index in [0.29, 0.717) is 37.7 Å². The molecule has 32 heavy (non-hydrogen) atoms. The van der Waals surface area contributed by atoms with Crippen LogP contribution in [-0.4, -0.2) is 37.1 Å².